The smallest absolute Gasteiger partial charge is 0.368 e. The van der Waals surface area contributed by atoms with Crippen LogP contribution in [0.3, 0.4) is 0 Å². The third-order valence-corrected chi connectivity index (χ3v) is 3.44. The molecule has 8 nitrogen and oxygen atoms in total. The van der Waals surface area contributed by atoms with Gasteiger partial charge in [0.05, 0.1) is 5.69 Å². The SMILES string of the molecule is Cc1cc(OCc2c(Cl)cccc2-n2nnn(C)c2=O)n[nH]1. The Labute approximate surface area is 130 Å². The fourth-order valence-electron chi connectivity index (χ4n) is 1.97. The van der Waals surface area contributed by atoms with Crippen molar-refractivity contribution >= 4 is 11.6 Å². The summed E-state index contributed by atoms with van der Waals surface area (Å²) in [6.45, 7) is 2.03. The average molecular weight is 321 g/mol. The van der Waals surface area contributed by atoms with E-state index in [4.69, 9.17) is 16.3 Å². The van der Waals surface area contributed by atoms with Crippen LogP contribution in [0.15, 0.2) is 29.1 Å². The Kier molecular flexibility index (Phi) is 3.68. The van der Waals surface area contributed by atoms with E-state index in [1.165, 1.54) is 11.7 Å². The molecular formula is C13H13ClN6O2. The number of aromatic nitrogens is 6. The van der Waals surface area contributed by atoms with Crippen molar-refractivity contribution in [2.45, 2.75) is 13.5 Å². The molecule has 2 heterocycles. The maximum atomic E-state index is 12.0. The first kappa shape index (κ1) is 14.3. The number of aromatic amines is 1. The lowest BCUT2D eigenvalue weighted by atomic mass is 10.2. The van der Waals surface area contributed by atoms with Gasteiger partial charge in [0, 0.05) is 29.4 Å². The summed E-state index contributed by atoms with van der Waals surface area (Å²) in [5.41, 5.74) is 1.68. The van der Waals surface area contributed by atoms with Crippen LogP contribution in [0.1, 0.15) is 11.3 Å². The first-order valence-electron chi connectivity index (χ1n) is 6.48. The Balaban J connectivity index is 1.96. The molecule has 1 N–H and O–H groups in total. The summed E-state index contributed by atoms with van der Waals surface area (Å²) in [5, 5.41) is 14.8. The first-order chi connectivity index (χ1) is 10.6. The van der Waals surface area contributed by atoms with Crippen LogP contribution in [0.2, 0.25) is 5.02 Å². The second-order valence-corrected chi connectivity index (χ2v) is 5.12. The van der Waals surface area contributed by atoms with Crippen molar-refractivity contribution in [2.24, 2.45) is 7.05 Å². The molecule has 114 valence electrons. The van der Waals surface area contributed by atoms with E-state index in [2.05, 4.69) is 20.6 Å². The average Bonchev–Trinajstić information content (AvgIpc) is 3.05. The highest BCUT2D eigenvalue weighted by molar-refractivity contribution is 6.31. The molecule has 0 atom stereocenters. The van der Waals surface area contributed by atoms with Crippen molar-refractivity contribution < 1.29 is 4.74 Å². The van der Waals surface area contributed by atoms with Crippen molar-refractivity contribution in [3.05, 3.63) is 51.0 Å². The highest BCUT2D eigenvalue weighted by atomic mass is 35.5. The fourth-order valence-corrected chi connectivity index (χ4v) is 2.19. The standard InChI is InChI=1S/C13H13ClN6O2/c1-8-6-12(16-15-8)22-7-9-10(14)4-3-5-11(9)20-13(21)19(2)17-18-20/h3-6H,7H2,1-2H3,(H,15,16). The molecule has 3 aromatic rings. The molecule has 0 fully saturated rings. The Bertz CT molecular complexity index is 866. The number of halogens is 1. The van der Waals surface area contributed by atoms with Gasteiger partial charge in [0.2, 0.25) is 5.88 Å². The van der Waals surface area contributed by atoms with Crippen LogP contribution < -0.4 is 10.4 Å². The van der Waals surface area contributed by atoms with E-state index in [1.807, 2.05) is 6.92 Å². The molecule has 3 rings (SSSR count). The van der Waals surface area contributed by atoms with Crippen LogP contribution in [0.4, 0.5) is 0 Å². The molecule has 2 aromatic heterocycles. The van der Waals surface area contributed by atoms with E-state index in [0.717, 1.165) is 10.4 Å². The number of ether oxygens (including phenoxy) is 1. The summed E-state index contributed by atoms with van der Waals surface area (Å²) in [4.78, 5) is 12.0. The lowest BCUT2D eigenvalue weighted by molar-refractivity contribution is 0.293. The summed E-state index contributed by atoms with van der Waals surface area (Å²) in [6.07, 6.45) is 0. The predicted octanol–water partition coefficient (Wildman–Crippen LogP) is 1.23. The lowest BCUT2D eigenvalue weighted by Crippen LogP contribution is -2.23. The quantitative estimate of drug-likeness (QED) is 0.780. The number of H-pyrrole nitrogens is 1. The van der Waals surface area contributed by atoms with Crippen LogP contribution >= 0.6 is 11.6 Å². The largest absolute Gasteiger partial charge is 0.472 e. The molecule has 0 bridgehead atoms. The molecule has 9 heteroatoms. The minimum atomic E-state index is -0.362. The lowest BCUT2D eigenvalue weighted by Gasteiger charge is -2.10. The Morgan fingerprint density at radius 3 is 2.82 bits per heavy atom. The number of rotatable bonds is 4. The Morgan fingerprint density at radius 1 is 1.36 bits per heavy atom. The van der Waals surface area contributed by atoms with Crippen LogP contribution in [-0.2, 0) is 13.7 Å². The van der Waals surface area contributed by atoms with Gasteiger partial charge in [-0.15, -0.1) is 5.10 Å². The van der Waals surface area contributed by atoms with Crippen molar-refractivity contribution in [1.82, 2.24) is 30.0 Å². The van der Waals surface area contributed by atoms with E-state index < -0.39 is 0 Å². The van der Waals surface area contributed by atoms with Gasteiger partial charge in [-0.3, -0.25) is 5.10 Å². The van der Waals surface area contributed by atoms with Gasteiger partial charge in [-0.25, -0.2) is 4.79 Å². The van der Waals surface area contributed by atoms with Gasteiger partial charge in [0.15, 0.2) is 0 Å². The van der Waals surface area contributed by atoms with Gasteiger partial charge in [-0.2, -0.15) is 9.36 Å². The maximum Gasteiger partial charge on any atom is 0.368 e. The molecule has 1 aromatic carbocycles. The van der Waals surface area contributed by atoms with Crippen molar-refractivity contribution in [2.75, 3.05) is 0 Å². The molecule has 22 heavy (non-hydrogen) atoms. The molecule has 0 radical (unpaired) electrons. The summed E-state index contributed by atoms with van der Waals surface area (Å²) in [7, 11) is 1.53. The molecule has 0 saturated heterocycles. The summed E-state index contributed by atoms with van der Waals surface area (Å²) in [6, 6.07) is 6.96. The van der Waals surface area contributed by atoms with Gasteiger partial charge in [0.1, 0.15) is 6.61 Å². The first-order valence-corrected chi connectivity index (χ1v) is 6.85. The molecular weight excluding hydrogens is 308 g/mol. The molecule has 0 amide bonds. The zero-order valence-electron chi connectivity index (χ0n) is 11.9. The number of nitrogens with zero attached hydrogens (tertiary/aromatic N) is 5. The minimum absolute atomic E-state index is 0.155. The zero-order valence-corrected chi connectivity index (χ0v) is 12.7. The normalized spacial score (nSPS) is 10.9. The number of hydrogen-bond acceptors (Lipinski definition) is 5. The number of benzene rings is 1. The second kappa shape index (κ2) is 5.64. The third kappa shape index (κ3) is 2.60. The molecule has 0 aliphatic rings. The topological polar surface area (TPSA) is 90.6 Å². The molecule has 0 spiro atoms. The van der Waals surface area contributed by atoms with Crippen LogP contribution in [0, 0.1) is 6.92 Å². The Morgan fingerprint density at radius 2 is 2.18 bits per heavy atom. The maximum absolute atomic E-state index is 12.0. The van der Waals surface area contributed by atoms with Gasteiger partial charge in [-0.1, -0.05) is 17.7 Å². The van der Waals surface area contributed by atoms with Crippen LogP contribution in [-0.4, -0.2) is 30.0 Å². The number of tetrazole rings is 1. The van der Waals surface area contributed by atoms with Gasteiger partial charge in [-0.05, 0) is 29.5 Å². The van der Waals surface area contributed by atoms with Crippen molar-refractivity contribution in [3.8, 4) is 11.6 Å². The fraction of sp³-hybridized carbons (Fsp3) is 0.231. The summed E-state index contributed by atoms with van der Waals surface area (Å²) >= 11 is 6.23. The number of nitrogens with one attached hydrogen (secondary N) is 1. The van der Waals surface area contributed by atoms with E-state index in [9.17, 15) is 4.79 Å². The highest BCUT2D eigenvalue weighted by Crippen LogP contribution is 2.23. The van der Waals surface area contributed by atoms with Gasteiger partial charge >= 0.3 is 5.69 Å². The second-order valence-electron chi connectivity index (χ2n) is 4.71. The predicted molar refractivity (Wildman–Crippen MR) is 79.3 cm³/mol. The van der Waals surface area contributed by atoms with E-state index in [1.54, 1.807) is 24.3 Å². The van der Waals surface area contributed by atoms with Crippen molar-refractivity contribution in [3.63, 3.8) is 0 Å². The van der Waals surface area contributed by atoms with Crippen LogP contribution in [0.5, 0.6) is 5.88 Å². The minimum Gasteiger partial charge on any atom is -0.472 e. The molecule has 0 unspecified atom stereocenters. The number of hydrogen-bond donors (Lipinski definition) is 1. The molecule has 0 saturated carbocycles. The molecule has 0 aliphatic heterocycles. The van der Waals surface area contributed by atoms with E-state index in [-0.39, 0.29) is 12.3 Å². The van der Waals surface area contributed by atoms with E-state index >= 15 is 0 Å². The van der Waals surface area contributed by atoms with Gasteiger partial charge in [0.25, 0.3) is 0 Å². The monoisotopic (exact) mass is 320 g/mol. The van der Waals surface area contributed by atoms with Crippen LogP contribution in [0.25, 0.3) is 5.69 Å². The number of aryl methyl sites for hydroxylation is 2. The molecule has 0 aliphatic carbocycles. The van der Waals surface area contributed by atoms with Gasteiger partial charge < -0.3 is 4.74 Å². The highest BCUT2D eigenvalue weighted by Gasteiger charge is 2.14. The Hall–Kier alpha value is -2.61. The van der Waals surface area contributed by atoms with E-state index in [0.29, 0.717) is 22.2 Å². The summed E-state index contributed by atoms with van der Waals surface area (Å²) in [5.74, 6) is 0.454. The zero-order chi connectivity index (χ0) is 15.7. The van der Waals surface area contributed by atoms with Crippen molar-refractivity contribution in [1.29, 1.82) is 0 Å². The third-order valence-electron chi connectivity index (χ3n) is 3.09. The summed E-state index contributed by atoms with van der Waals surface area (Å²) < 4.78 is 7.93.